The van der Waals surface area contributed by atoms with Crippen LogP contribution in [0.1, 0.15) is 31.0 Å². The van der Waals surface area contributed by atoms with E-state index in [2.05, 4.69) is 20.8 Å². The second-order valence-electron chi connectivity index (χ2n) is 5.80. The molecule has 1 amide bonds. The molecule has 1 fully saturated rings. The number of benzene rings is 1. The van der Waals surface area contributed by atoms with Gasteiger partial charge in [0.25, 0.3) is 0 Å². The summed E-state index contributed by atoms with van der Waals surface area (Å²) in [6.45, 7) is 0.453. The number of nitrogens with zero attached hydrogens (tertiary/aromatic N) is 5. The van der Waals surface area contributed by atoms with Crippen LogP contribution in [-0.2, 0) is 4.79 Å². The minimum atomic E-state index is -0.00849. The van der Waals surface area contributed by atoms with E-state index >= 15 is 0 Å². The normalized spacial score (nSPS) is 13.5. The van der Waals surface area contributed by atoms with Gasteiger partial charge in [-0.25, -0.2) is 0 Å². The van der Waals surface area contributed by atoms with E-state index in [0.717, 1.165) is 29.5 Å². The van der Waals surface area contributed by atoms with Crippen LogP contribution < -0.4 is 0 Å². The van der Waals surface area contributed by atoms with Crippen molar-refractivity contribution in [1.82, 2.24) is 19.7 Å². The number of thioether (sulfide) groups is 1. The van der Waals surface area contributed by atoms with E-state index in [9.17, 15) is 4.79 Å². The summed E-state index contributed by atoms with van der Waals surface area (Å²) in [4.78, 5) is 13.7. The molecule has 0 bridgehead atoms. The van der Waals surface area contributed by atoms with Crippen molar-refractivity contribution < 1.29 is 4.79 Å². The number of hydrogen-bond donors (Lipinski definition) is 0. The van der Waals surface area contributed by atoms with Crippen LogP contribution >= 0.6 is 11.8 Å². The molecule has 2 aromatic rings. The predicted molar refractivity (Wildman–Crippen MR) is 91.9 cm³/mol. The molecule has 0 radical (unpaired) electrons. The van der Waals surface area contributed by atoms with Crippen LogP contribution in [0.3, 0.4) is 0 Å². The van der Waals surface area contributed by atoms with Crippen molar-refractivity contribution >= 4 is 17.7 Å². The molecular formula is C17H19N5OS. The molecule has 0 aliphatic heterocycles. The number of nitriles is 1. The molecule has 0 spiro atoms. The predicted octanol–water partition coefficient (Wildman–Crippen LogP) is 2.61. The van der Waals surface area contributed by atoms with Crippen molar-refractivity contribution in [2.45, 2.75) is 30.3 Å². The van der Waals surface area contributed by atoms with Gasteiger partial charge in [-0.05, 0) is 25.0 Å². The Balaban J connectivity index is 1.74. The van der Waals surface area contributed by atoms with Crippen molar-refractivity contribution in [3.8, 4) is 11.8 Å². The fourth-order valence-electron chi connectivity index (χ4n) is 2.38. The van der Waals surface area contributed by atoms with Gasteiger partial charge in [-0.1, -0.05) is 30.0 Å². The maximum Gasteiger partial charge on any atom is 0.232 e. The minimum absolute atomic E-state index is 0.00849. The molecule has 1 aliphatic rings. The highest BCUT2D eigenvalue weighted by Gasteiger charge is 2.31. The standard InChI is InChI=1S/C17H19N5OS/c1-21(11-5-10-18)15(23)12-24-17-20-19-16(13-8-9-13)22(17)14-6-3-2-4-7-14/h2-4,6-7,13H,5,8-9,11-12H2,1H3. The molecule has 0 atom stereocenters. The van der Waals surface area contributed by atoms with Crippen LogP contribution in [-0.4, -0.2) is 44.9 Å². The van der Waals surface area contributed by atoms with Crippen molar-refractivity contribution in [3.63, 3.8) is 0 Å². The molecule has 1 aromatic heterocycles. The number of carbonyl (C=O) groups is 1. The van der Waals surface area contributed by atoms with E-state index in [4.69, 9.17) is 5.26 Å². The Morgan fingerprint density at radius 1 is 1.38 bits per heavy atom. The summed E-state index contributed by atoms with van der Waals surface area (Å²) in [5.41, 5.74) is 1.03. The third-order valence-electron chi connectivity index (χ3n) is 3.92. The highest BCUT2D eigenvalue weighted by Crippen LogP contribution is 2.41. The monoisotopic (exact) mass is 341 g/mol. The van der Waals surface area contributed by atoms with E-state index in [-0.39, 0.29) is 11.7 Å². The van der Waals surface area contributed by atoms with Gasteiger partial charge in [0.05, 0.1) is 18.2 Å². The van der Waals surface area contributed by atoms with E-state index in [1.54, 1.807) is 11.9 Å². The highest BCUT2D eigenvalue weighted by atomic mass is 32.2. The smallest absolute Gasteiger partial charge is 0.232 e. The zero-order chi connectivity index (χ0) is 16.9. The van der Waals surface area contributed by atoms with Crippen LogP contribution in [0, 0.1) is 11.3 Å². The van der Waals surface area contributed by atoms with Crippen LogP contribution in [0.25, 0.3) is 5.69 Å². The summed E-state index contributed by atoms with van der Waals surface area (Å²) in [6.07, 6.45) is 2.63. The Morgan fingerprint density at radius 3 is 2.79 bits per heavy atom. The first kappa shape index (κ1) is 16.5. The molecular weight excluding hydrogens is 322 g/mol. The Labute approximate surface area is 145 Å². The maximum absolute atomic E-state index is 12.2. The second kappa shape index (κ2) is 7.49. The number of hydrogen-bond acceptors (Lipinski definition) is 5. The number of carbonyl (C=O) groups excluding carboxylic acids is 1. The fourth-order valence-corrected chi connectivity index (χ4v) is 3.28. The van der Waals surface area contributed by atoms with Gasteiger partial charge in [0.1, 0.15) is 5.82 Å². The third-order valence-corrected chi connectivity index (χ3v) is 4.84. The van der Waals surface area contributed by atoms with Gasteiger partial charge in [-0.3, -0.25) is 9.36 Å². The number of rotatable bonds is 7. The summed E-state index contributed by atoms with van der Waals surface area (Å²) in [5, 5.41) is 18.0. The topological polar surface area (TPSA) is 74.8 Å². The Bertz CT molecular complexity index is 748. The van der Waals surface area contributed by atoms with Crippen LogP contribution in [0.4, 0.5) is 0 Å². The SMILES string of the molecule is CN(CCC#N)C(=O)CSc1nnc(C2CC2)n1-c1ccccc1. The van der Waals surface area contributed by atoms with Crippen molar-refractivity contribution in [2.24, 2.45) is 0 Å². The summed E-state index contributed by atoms with van der Waals surface area (Å²) in [7, 11) is 1.72. The molecule has 1 heterocycles. The molecule has 0 unspecified atom stereocenters. The van der Waals surface area contributed by atoms with Gasteiger partial charge in [0.15, 0.2) is 5.16 Å². The molecule has 1 aliphatic carbocycles. The average molecular weight is 341 g/mol. The van der Waals surface area contributed by atoms with Gasteiger partial charge in [0.2, 0.25) is 5.91 Å². The van der Waals surface area contributed by atoms with Gasteiger partial charge in [0, 0.05) is 25.2 Å². The van der Waals surface area contributed by atoms with Crippen molar-refractivity contribution in [2.75, 3.05) is 19.3 Å². The molecule has 24 heavy (non-hydrogen) atoms. The lowest BCUT2D eigenvalue weighted by Crippen LogP contribution is -2.29. The number of para-hydroxylation sites is 1. The largest absolute Gasteiger partial charge is 0.344 e. The molecule has 0 N–H and O–H groups in total. The first-order valence-corrected chi connectivity index (χ1v) is 8.93. The van der Waals surface area contributed by atoms with E-state index < -0.39 is 0 Å². The van der Waals surface area contributed by atoms with Crippen molar-refractivity contribution in [1.29, 1.82) is 5.26 Å². The van der Waals surface area contributed by atoms with Crippen LogP contribution in [0.5, 0.6) is 0 Å². The highest BCUT2D eigenvalue weighted by molar-refractivity contribution is 7.99. The molecule has 1 saturated carbocycles. The first-order chi connectivity index (χ1) is 11.7. The van der Waals surface area contributed by atoms with Gasteiger partial charge >= 0.3 is 0 Å². The summed E-state index contributed by atoms with van der Waals surface area (Å²) in [6, 6.07) is 12.1. The van der Waals surface area contributed by atoms with Crippen LogP contribution in [0.2, 0.25) is 0 Å². The lowest BCUT2D eigenvalue weighted by molar-refractivity contribution is -0.127. The summed E-state index contributed by atoms with van der Waals surface area (Å²) in [5.74, 6) is 1.73. The average Bonchev–Trinajstić information content (AvgIpc) is 3.37. The van der Waals surface area contributed by atoms with Gasteiger partial charge < -0.3 is 4.90 Å². The van der Waals surface area contributed by atoms with E-state index in [1.165, 1.54) is 11.8 Å². The molecule has 7 heteroatoms. The maximum atomic E-state index is 12.2. The van der Waals surface area contributed by atoms with Crippen LogP contribution in [0.15, 0.2) is 35.5 Å². The fraction of sp³-hybridized carbons (Fsp3) is 0.412. The molecule has 3 rings (SSSR count). The lowest BCUT2D eigenvalue weighted by Gasteiger charge is -2.15. The molecule has 0 saturated heterocycles. The first-order valence-electron chi connectivity index (χ1n) is 7.95. The minimum Gasteiger partial charge on any atom is -0.344 e. The second-order valence-corrected chi connectivity index (χ2v) is 6.74. The lowest BCUT2D eigenvalue weighted by atomic mass is 10.3. The Kier molecular flexibility index (Phi) is 5.16. The van der Waals surface area contributed by atoms with E-state index in [1.807, 2.05) is 30.3 Å². The van der Waals surface area contributed by atoms with E-state index in [0.29, 0.717) is 18.9 Å². The third kappa shape index (κ3) is 3.77. The zero-order valence-electron chi connectivity index (χ0n) is 13.6. The summed E-state index contributed by atoms with van der Waals surface area (Å²) >= 11 is 1.39. The van der Waals surface area contributed by atoms with Crippen molar-refractivity contribution in [3.05, 3.63) is 36.2 Å². The van der Waals surface area contributed by atoms with Gasteiger partial charge in [-0.15, -0.1) is 10.2 Å². The Hall–Kier alpha value is -2.33. The molecule has 1 aromatic carbocycles. The zero-order valence-corrected chi connectivity index (χ0v) is 14.4. The molecule has 6 nitrogen and oxygen atoms in total. The number of aromatic nitrogens is 3. The Morgan fingerprint density at radius 2 is 2.12 bits per heavy atom. The quantitative estimate of drug-likeness (QED) is 0.724. The summed E-state index contributed by atoms with van der Waals surface area (Å²) < 4.78 is 2.06. The van der Waals surface area contributed by atoms with Gasteiger partial charge in [-0.2, -0.15) is 5.26 Å². The number of amides is 1. The molecule has 124 valence electrons.